The third-order valence-corrected chi connectivity index (χ3v) is 5.88. The van der Waals surface area contributed by atoms with Gasteiger partial charge in [0.25, 0.3) is 0 Å². The Balaban J connectivity index is 1.54. The number of hydrogen-bond acceptors (Lipinski definition) is 6. The molecule has 140 valence electrons. The smallest absolute Gasteiger partial charge is 0.240 e. The number of benzene rings is 1. The highest BCUT2D eigenvalue weighted by Gasteiger charge is 2.17. The van der Waals surface area contributed by atoms with Crippen LogP contribution in [-0.4, -0.2) is 44.8 Å². The van der Waals surface area contributed by atoms with Crippen molar-refractivity contribution in [2.45, 2.75) is 24.7 Å². The Morgan fingerprint density at radius 3 is 2.69 bits per heavy atom. The molecule has 0 bridgehead atoms. The topological polar surface area (TPSA) is 87.2 Å². The number of aromatic nitrogens is 2. The van der Waals surface area contributed by atoms with Gasteiger partial charge in [0.1, 0.15) is 5.82 Å². The lowest BCUT2D eigenvalue weighted by molar-refractivity contribution is 0.581. The number of hydrogen-bond donors (Lipinski definition) is 2. The SMILES string of the molecule is Cc1cc(F)ccc1S(=O)(=O)NCCNc1cc(N2CCCC2)cnn1. The van der Waals surface area contributed by atoms with Gasteiger partial charge in [0.15, 0.2) is 5.82 Å². The minimum Gasteiger partial charge on any atom is -0.370 e. The number of aryl methyl sites for hydroxylation is 1. The van der Waals surface area contributed by atoms with Crippen LogP contribution >= 0.6 is 0 Å². The Kier molecular flexibility index (Phi) is 5.67. The molecule has 1 aliphatic rings. The molecule has 3 rings (SSSR count). The minimum absolute atomic E-state index is 0.0784. The fourth-order valence-corrected chi connectivity index (χ4v) is 4.22. The number of rotatable bonds is 7. The first-order chi connectivity index (χ1) is 12.5. The van der Waals surface area contributed by atoms with Gasteiger partial charge in [-0.05, 0) is 43.5 Å². The number of sulfonamides is 1. The highest BCUT2D eigenvalue weighted by Crippen LogP contribution is 2.20. The molecular formula is C17H22FN5O2S. The van der Waals surface area contributed by atoms with Gasteiger partial charge in [0, 0.05) is 32.2 Å². The van der Waals surface area contributed by atoms with E-state index in [0.717, 1.165) is 24.8 Å². The summed E-state index contributed by atoms with van der Waals surface area (Å²) in [5, 5.41) is 11.1. The van der Waals surface area contributed by atoms with Gasteiger partial charge in [0.2, 0.25) is 10.0 Å². The van der Waals surface area contributed by atoms with E-state index in [1.54, 1.807) is 13.1 Å². The van der Waals surface area contributed by atoms with Gasteiger partial charge < -0.3 is 10.2 Å². The maximum absolute atomic E-state index is 13.1. The summed E-state index contributed by atoms with van der Waals surface area (Å²) in [5.41, 5.74) is 1.39. The van der Waals surface area contributed by atoms with Crippen LogP contribution in [0.4, 0.5) is 15.9 Å². The molecule has 1 aromatic carbocycles. The summed E-state index contributed by atoms with van der Waals surface area (Å²) in [7, 11) is -3.68. The highest BCUT2D eigenvalue weighted by atomic mass is 32.2. The molecule has 1 saturated heterocycles. The van der Waals surface area contributed by atoms with E-state index in [9.17, 15) is 12.8 Å². The van der Waals surface area contributed by atoms with E-state index in [2.05, 4.69) is 25.1 Å². The second-order valence-corrected chi connectivity index (χ2v) is 7.96. The van der Waals surface area contributed by atoms with Gasteiger partial charge in [-0.1, -0.05) is 0 Å². The van der Waals surface area contributed by atoms with Crippen LogP contribution in [0.5, 0.6) is 0 Å². The molecule has 0 aliphatic carbocycles. The standard InChI is InChI=1S/C17H22FN5O2S/c1-13-10-14(18)4-5-16(13)26(24,25)21-7-6-19-17-11-15(12-20-22-17)23-8-2-3-9-23/h4-5,10-12,21H,2-3,6-9H2,1H3,(H,19,22). The molecule has 0 saturated carbocycles. The largest absolute Gasteiger partial charge is 0.370 e. The van der Waals surface area contributed by atoms with E-state index in [0.29, 0.717) is 17.9 Å². The Morgan fingerprint density at radius 1 is 1.19 bits per heavy atom. The predicted molar refractivity (Wildman–Crippen MR) is 98.3 cm³/mol. The van der Waals surface area contributed by atoms with Gasteiger partial charge in [0.05, 0.1) is 16.8 Å². The first-order valence-electron chi connectivity index (χ1n) is 8.53. The van der Waals surface area contributed by atoms with Crippen LogP contribution in [0.3, 0.4) is 0 Å². The monoisotopic (exact) mass is 379 g/mol. The van der Waals surface area contributed by atoms with Crippen molar-refractivity contribution in [3.63, 3.8) is 0 Å². The van der Waals surface area contributed by atoms with Crippen molar-refractivity contribution in [3.05, 3.63) is 41.8 Å². The summed E-state index contributed by atoms with van der Waals surface area (Å²) >= 11 is 0. The maximum atomic E-state index is 13.1. The van der Waals surface area contributed by atoms with Crippen molar-refractivity contribution >= 4 is 21.5 Å². The van der Waals surface area contributed by atoms with Crippen LogP contribution in [0.25, 0.3) is 0 Å². The molecule has 2 heterocycles. The summed E-state index contributed by atoms with van der Waals surface area (Å²) in [6, 6.07) is 5.52. The zero-order valence-electron chi connectivity index (χ0n) is 14.6. The van der Waals surface area contributed by atoms with E-state index >= 15 is 0 Å². The van der Waals surface area contributed by atoms with Crippen LogP contribution in [0.2, 0.25) is 0 Å². The number of anilines is 2. The molecule has 2 N–H and O–H groups in total. The molecule has 26 heavy (non-hydrogen) atoms. The quantitative estimate of drug-likeness (QED) is 0.715. The summed E-state index contributed by atoms with van der Waals surface area (Å²) in [5.74, 6) is 0.145. The fraction of sp³-hybridized carbons (Fsp3) is 0.412. The first-order valence-corrected chi connectivity index (χ1v) is 10.0. The first kappa shape index (κ1) is 18.5. The molecule has 0 spiro atoms. The lowest BCUT2D eigenvalue weighted by Gasteiger charge is -2.17. The van der Waals surface area contributed by atoms with Crippen molar-refractivity contribution in [3.8, 4) is 0 Å². The molecule has 0 amide bonds. The third-order valence-electron chi connectivity index (χ3n) is 4.26. The number of halogens is 1. The van der Waals surface area contributed by atoms with Crippen LogP contribution < -0.4 is 14.9 Å². The summed E-state index contributed by atoms with van der Waals surface area (Å²) in [6.07, 6.45) is 4.09. The molecule has 0 radical (unpaired) electrons. The predicted octanol–water partition coefficient (Wildman–Crippen LogP) is 1.91. The molecule has 1 aliphatic heterocycles. The van der Waals surface area contributed by atoms with Crippen LogP contribution in [-0.2, 0) is 10.0 Å². The Hall–Kier alpha value is -2.26. The average Bonchev–Trinajstić information content (AvgIpc) is 3.13. The zero-order chi connectivity index (χ0) is 18.6. The van der Waals surface area contributed by atoms with Crippen LogP contribution in [0.15, 0.2) is 35.4 Å². The average molecular weight is 379 g/mol. The molecule has 7 nitrogen and oxygen atoms in total. The van der Waals surface area contributed by atoms with Crippen LogP contribution in [0, 0.1) is 12.7 Å². The van der Waals surface area contributed by atoms with Crippen molar-refractivity contribution in [2.75, 3.05) is 36.4 Å². The Bertz CT molecular complexity index is 869. The normalized spacial score (nSPS) is 14.6. The van der Waals surface area contributed by atoms with Crippen molar-refractivity contribution in [1.82, 2.24) is 14.9 Å². The van der Waals surface area contributed by atoms with Crippen LogP contribution in [0.1, 0.15) is 18.4 Å². The van der Waals surface area contributed by atoms with E-state index in [4.69, 9.17) is 0 Å². The molecule has 0 unspecified atom stereocenters. The minimum atomic E-state index is -3.68. The second-order valence-electron chi connectivity index (χ2n) is 6.23. The zero-order valence-corrected chi connectivity index (χ0v) is 15.4. The summed E-state index contributed by atoms with van der Waals surface area (Å²) < 4.78 is 40.3. The van der Waals surface area contributed by atoms with Gasteiger partial charge in [-0.2, -0.15) is 5.10 Å². The van der Waals surface area contributed by atoms with Gasteiger partial charge in [-0.15, -0.1) is 5.10 Å². The number of nitrogens with zero attached hydrogens (tertiary/aromatic N) is 3. The lowest BCUT2D eigenvalue weighted by atomic mass is 10.2. The molecular weight excluding hydrogens is 357 g/mol. The van der Waals surface area contributed by atoms with E-state index in [1.165, 1.54) is 25.0 Å². The fourth-order valence-electron chi connectivity index (χ4n) is 2.96. The summed E-state index contributed by atoms with van der Waals surface area (Å²) in [6.45, 7) is 4.13. The maximum Gasteiger partial charge on any atom is 0.240 e. The van der Waals surface area contributed by atoms with Crippen molar-refractivity contribution in [1.29, 1.82) is 0 Å². The lowest BCUT2D eigenvalue weighted by Crippen LogP contribution is -2.29. The highest BCUT2D eigenvalue weighted by molar-refractivity contribution is 7.89. The second kappa shape index (κ2) is 7.96. The molecule has 0 atom stereocenters. The van der Waals surface area contributed by atoms with Crippen molar-refractivity contribution < 1.29 is 12.8 Å². The van der Waals surface area contributed by atoms with Crippen molar-refractivity contribution in [2.24, 2.45) is 0 Å². The molecule has 2 aromatic rings. The van der Waals surface area contributed by atoms with Gasteiger partial charge in [-0.3, -0.25) is 0 Å². The molecule has 1 aromatic heterocycles. The molecule has 9 heteroatoms. The van der Waals surface area contributed by atoms with Gasteiger partial charge in [-0.25, -0.2) is 17.5 Å². The Morgan fingerprint density at radius 2 is 1.96 bits per heavy atom. The molecule has 1 fully saturated rings. The van der Waals surface area contributed by atoms with E-state index in [-0.39, 0.29) is 11.4 Å². The van der Waals surface area contributed by atoms with Gasteiger partial charge >= 0.3 is 0 Å². The third kappa shape index (κ3) is 4.47. The Labute approximate surface area is 152 Å². The van der Waals surface area contributed by atoms with E-state index in [1.807, 2.05) is 6.07 Å². The van der Waals surface area contributed by atoms with E-state index < -0.39 is 15.8 Å². The summed E-state index contributed by atoms with van der Waals surface area (Å²) in [4.78, 5) is 2.33. The number of nitrogens with one attached hydrogen (secondary N) is 2.